The minimum Gasteiger partial charge on any atom is -0.493 e. The van der Waals surface area contributed by atoms with Crippen LogP contribution >= 0.6 is 0 Å². The predicted molar refractivity (Wildman–Crippen MR) is 117 cm³/mol. The van der Waals surface area contributed by atoms with Crippen molar-refractivity contribution >= 4 is 5.97 Å². The molecule has 7 heteroatoms. The van der Waals surface area contributed by atoms with E-state index < -0.39 is 5.97 Å². The molecule has 2 aromatic carbocycles. The minimum atomic E-state index is -0.873. The van der Waals surface area contributed by atoms with Gasteiger partial charge >= 0.3 is 5.97 Å². The molecule has 0 aliphatic carbocycles. The van der Waals surface area contributed by atoms with Gasteiger partial charge in [0, 0.05) is 6.54 Å². The fourth-order valence-corrected chi connectivity index (χ4v) is 2.72. The Morgan fingerprint density at radius 3 is 1.97 bits per heavy atom. The van der Waals surface area contributed by atoms with Crippen molar-refractivity contribution in [3.05, 3.63) is 53.1 Å². The molecule has 2 aromatic rings. The van der Waals surface area contributed by atoms with Gasteiger partial charge in [-0.05, 0) is 48.4 Å². The Bertz CT molecular complexity index is 736. The number of methoxy groups -OCH3 is 3. The van der Waals surface area contributed by atoms with E-state index >= 15 is 0 Å². The van der Waals surface area contributed by atoms with Gasteiger partial charge in [-0.15, -0.1) is 0 Å². The van der Waals surface area contributed by atoms with Gasteiger partial charge < -0.3 is 29.7 Å². The van der Waals surface area contributed by atoms with E-state index in [-0.39, 0.29) is 6.61 Å². The number of hydrogen-bond donors (Lipinski definition) is 3. The lowest BCUT2D eigenvalue weighted by atomic mass is 10.1. The number of carbonyl (C=O) groups is 1. The van der Waals surface area contributed by atoms with E-state index in [1.165, 1.54) is 19.3 Å². The third-order valence-electron chi connectivity index (χ3n) is 4.39. The molecule has 30 heavy (non-hydrogen) atoms. The zero-order valence-electron chi connectivity index (χ0n) is 18.2. The fourth-order valence-electron chi connectivity index (χ4n) is 2.72. The number of unbranched alkanes of at least 4 members (excludes halogenated alkanes) is 2. The highest BCUT2D eigenvalue weighted by Crippen LogP contribution is 2.38. The molecular formula is C23H33NO6. The number of hydrogen-bond acceptors (Lipinski definition) is 6. The highest BCUT2D eigenvalue weighted by molar-refractivity contribution is 5.87. The van der Waals surface area contributed by atoms with Gasteiger partial charge in [0.25, 0.3) is 0 Å². The number of carboxylic acid groups (broad SMARTS) is 1. The average Bonchev–Trinajstić information content (AvgIpc) is 2.78. The quantitative estimate of drug-likeness (QED) is 0.476. The van der Waals surface area contributed by atoms with Gasteiger partial charge in [0.2, 0.25) is 5.75 Å². The predicted octanol–water partition coefficient (Wildman–Crippen LogP) is 3.87. The first kappa shape index (κ1) is 25.3. The number of benzene rings is 2. The standard InChI is InChI=1S/C13H19NO2.C10H14O4/c1-2-3-4-9-14-10-11-5-7-12(8-6-11)13(15)16;1-12-8-4-7(6-11)5-9(13-2)10(8)14-3/h5-8,14H,2-4,9-10H2,1H3,(H,15,16);4-5,11H,6H2,1-3H3. The molecule has 0 atom stereocenters. The maximum Gasteiger partial charge on any atom is 0.335 e. The van der Waals surface area contributed by atoms with Crippen molar-refractivity contribution in [2.24, 2.45) is 0 Å². The molecule has 0 aliphatic heterocycles. The van der Waals surface area contributed by atoms with Crippen molar-refractivity contribution in [2.45, 2.75) is 39.3 Å². The van der Waals surface area contributed by atoms with Gasteiger partial charge in [-0.3, -0.25) is 0 Å². The van der Waals surface area contributed by atoms with Crippen LogP contribution in [0.2, 0.25) is 0 Å². The SMILES string of the molecule is CCCCCNCc1ccc(C(=O)O)cc1.COc1cc(CO)cc(OC)c1OC. The van der Waals surface area contributed by atoms with Crippen LogP contribution in [0.15, 0.2) is 36.4 Å². The van der Waals surface area contributed by atoms with E-state index in [0.717, 1.165) is 24.2 Å². The maximum absolute atomic E-state index is 10.6. The zero-order chi connectivity index (χ0) is 22.4. The molecule has 3 N–H and O–H groups in total. The summed E-state index contributed by atoms with van der Waals surface area (Å²) in [5.74, 6) is 0.765. The zero-order valence-corrected chi connectivity index (χ0v) is 18.2. The van der Waals surface area contributed by atoms with Crippen LogP contribution in [-0.2, 0) is 13.2 Å². The number of nitrogens with one attached hydrogen (secondary N) is 1. The Labute approximate surface area is 178 Å². The molecule has 0 bridgehead atoms. The summed E-state index contributed by atoms with van der Waals surface area (Å²) in [6.07, 6.45) is 3.68. The van der Waals surface area contributed by atoms with Crippen molar-refractivity contribution in [1.82, 2.24) is 5.32 Å². The van der Waals surface area contributed by atoms with Crippen LogP contribution in [0, 0.1) is 0 Å². The van der Waals surface area contributed by atoms with E-state index in [2.05, 4.69) is 12.2 Å². The summed E-state index contributed by atoms with van der Waals surface area (Å²) in [5, 5.41) is 21.1. The van der Waals surface area contributed by atoms with Crippen molar-refractivity contribution in [2.75, 3.05) is 27.9 Å². The first-order valence-corrected chi connectivity index (χ1v) is 9.93. The lowest BCUT2D eigenvalue weighted by Gasteiger charge is -2.13. The average molecular weight is 420 g/mol. The van der Waals surface area contributed by atoms with Gasteiger partial charge in [-0.1, -0.05) is 31.9 Å². The molecular weight excluding hydrogens is 386 g/mol. The smallest absolute Gasteiger partial charge is 0.335 e. The number of ether oxygens (including phenoxy) is 3. The summed E-state index contributed by atoms with van der Waals surface area (Å²) >= 11 is 0. The molecule has 0 fully saturated rings. The fraction of sp³-hybridized carbons (Fsp3) is 0.435. The lowest BCUT2D eigenvalue weighted by molar-refractivity contribution is 0.0697. The molecule has 0 spiro atoms. The number of aromatic carboxylic acids is 1. The molecule has 0 heterocycles. The van der Waals surface area contributed by atoms with Crippen molar-refractivity contribution < 1.29 is 29.2 Å². The van der Waals surface area contributed by atoms with Crippen LogP contribution in [-0.4, -0.2) is 44.1 Å². The van der Waals surface area contributed by atoms with Gasteiger partial charge in [0.05, 0.1) is 33.5 Å². The second kappa shape index (κ2) is 14.3. The van der Waals surface area contributed by atoms with Crippen molar-refractivity contribution in [1.29, 1.82) is 0 Å². The van der Waals surface area contributed by atoms with E-state index in [4.69, 9.17) is 24.4 Å². The molecule has 2 rings (SSSR count). The molecule has 166 valence electrons. The summed E-state index contributed by atoms with van der Waals surface area (Å²) in [6.45, 7) is 3.96. The molecule has 0 aliphatic rings. The number of aliphatic hydroxyl groups excluding tert-OH is 1. The number of rotatable bonds is 11. The second-order valence-corrected chi connectivity index (χ2v) is 6.58. The minimum absolute atomic E-state index is 0.0588. The Kier molecular flexibility index (Phi) is 12.0. The first-order valence-electron chi connectivity index (χ1n) is 9.93. The Hall–Kier alpha value is -2.77. The Morgan fingerprint density at radius 1 is 0.933 bits per heavy atom. The van der Waals surface area contributed by atoms with E-state index in [1.54, 1.807) is 45.6 Å². The molecule has 7 nitrogen and oxygen atoms in total. The Balaban J connectivity index is 0.000000303. The second-order valence-electron chi connectivity index (χ2n) is 6.58. The summed E-state index contributed by atoms with van der Waals surface area (Å²) < 4.78 is 15.3. The van der Waals surface area contributed by atoms with Gasteiger partial charge in [-0.25, -0.2) is 4.79 Å². The normalized spacial score (nSPS) is 10.0. The molecule has 0 saturated heterocycles. The van der Waals surface area contributed by atoms with Crippen LogP contribution in [0.25, 0.3) is 0 Å². The highest BCUT2D eigenvalue weighted by Gasteiger charge is 2.12. The monoisotopic (exact) mass is 419 g/mol. The number of aliphatic hydroxyl groups is 1. The summed E-state index contributed by atoms with van der Waals surface area (Å²) in [4.78, 5) is 10.6. The van der Waals surface area contributed by atoms with Crippen LogP contribution in [0.3, 0.4) is 0 Å². The van der Waals surface area contributed by atoms with Crippen molar-refractivity contribution in [3.8, 4) is 17.2 Å². The third kappa shape index (κ3) is 8.31. The van der Waals surface area contributed by atoms with Gasteiger partial charge in [-0.2, -0.15) is 0 Å². The largest absolute Gasteiger partial charge is 0.493 e. The molecule has 0 unspecified atom stereocenters. The van der Waals surface area contributed by atoms with Crippen LogP contribution in [0.4, 0.5) is 0 Å². The summed E-state index contributed by atoms with van der Waals surface area (Å²) in [7, 11) is 4.62. The maximum atomic E-state index is 10.6. The molecule has 0 amide bonds. The van der Waals surface area contributed by atoms with Gasteiger partial charge in [0.15, 0.2) is 11.5 Å². The van der Waals surface area contributed by atoms with Crippen LogP contribution in [0.1, 0.15) is 47.7 Å². The highest BCUT2D eigenvalue weighted by atomic mass is 16.5. The Morgan fingerprint density at radius 2 is 1.53 bits per heavy atom. The third-order valence-corrected chi connectivity index (χ3v) is 4.39. The molecule has 0 aromatic heterocycles. The number of carboxylic acids is 1. The topological polar surface area (TPSA) is 97.3 Å². The lowest BCUT2D eigenvalue weighted by Crippen LogP contribution is -2.14. The van der Waals surface area contributed by atoms with E-state index in [9.17, 15) is 4.79 Å². The van der Waals surface area contributed by atoms with Crippen LogP contribution in [0.5, 0.6) is 17.2 Å². The summed E-state index contributed by atoms with van der Waals surface area (Å²) in [5.41, 5.74) is 2.19. The summed E-state index contributed by atoms with van der Waals surface area (Å²) in [6, 6.07) is 10.4. The molecule has 0 radical (unpaired) electrons. The molecule has 0 saturated carbocycles. The van der Waals surface area contributed by atoms with Crippen molar-refractivity contribution in [3.63, 3.8) is 0 Å². The van der Waals surface area contributed by atoms with Crippen LogP contribution < -0.4 is 19.5 Å². The van der Waals surface area contributed by atoms with E-state index in [1.807, 2.05) is 12.1 Å². The first-order chi connectivity index (χ1) is 14.5. The van der Waals surface area contributed by atoms with E-state index in [0.29, 0.717) is 22.8 Å². The van der Waals surface area contributed by atoms with Gasteiger partial charge in [0.1, 0.15) is 0 Å².